The van der Waals surface area contributed by atoms with Crippen molar-refractivity contribution < 1.29 is 23.6 Å². The third kappa shape index (κ3) is 8.04. The number of carbonyl (C=O) groups is 4. The van der Waals surface area contributed by atoms with E-state index in [9.17, 15) is 28.8 Å². The van der Waals surface area contributed by atoms with Crippen molar-refractivity contribution in [2.45, 2.75) is 56.7 Å². The minimum atomic E-state index is -1.10. The second-order valence-electron chi connectivity index (χ2n) is 9.89. The first-order valence-electron chi connectivity index (χ1n) is 12.9. The fourth-order valence-corrected chi connectivity index (χ4v) is 4.48. The molecule has 0 radical (unpaired) electrons. The van der Waals surface area contributed by atoms with Crippen molar-refractivity contribution in [3.05, 3.63) is 59.9 Å². The minimum Gasteiger partial charge on any atom is -0.356 e. The summed E-state index contributed by atoms with van der Waals surface area (Å²) in [6.45, 7) is 0.533. The topological polar surface area (TPSA) is 166 Å². The number of amides is 4. The second-order valence-corrected chi connectivity index (χ2v) is 9.89. The van der Waals surface area contributed by atoms with Crippen LogP contribution in [0, 0.1) is 29.0 Å². The van der Waals surface area contributed by atoms with Gasteiger partial charge in [-0.05, 0) is 42.9 Å². The lowest BCUT2D eigenvalue weighted by atomic mass is 9.98. The molecule has 1 saturated carbocycles. The quantitative estimate of drug-likeness (QED) is 0.312. The first-order chi connectivity index (χ1) is 18.8. The van der Waals surface area contributed by atoms with Gasteiger partial charge >= 0.3 is 0 Å². The Labute approximate surface area is 225 Å². The van der Waals surface area contributed by atoms with Gasteiger partial charge in [0, 0.05) is 31.3 Å². The molecule has 4 rings (SSSR count). The summed E-state index contributed by atoms with van der Waals surface area (Å²) in [6.07, 6.45) is 7.05. The number of nitriles is 1. The lowest BCUT2D eigenvalue weighted by Crippen LogP contribution is -2.55. The Morgan fingerprint density at radius 2 is 1.77 bits per heavy atom. The molecular weight excluding hydrogens is 505 g/mol. The number of rotatable bonds is 12. The number of nitrogens with zero attached hydrogens (tertiary/aromatic N) is 3. The zero-order valence-corrected chi connectivity index (χ0v) is 21.2. The van der Waals surface area contributed by atoms with E-state index in [0.717, 1.165) is 12.8 Å². The number of carbonyl (C=O) groups excluding carboxylic acids is 4. The molecule has 2 heterocycles. The van der Waals surface area contributed by atoms with E-state index < -0.39 is 41.7 Å². The van der Waals surface area contributed by atoms with Crippen LogP contribution in [0.15, 0.2) is 42.9 Å². The van der Waals surface area contributed by atoms with E-state index in [2.05, 4.69) is 31.2 Å². The largest absolute Gasteiger partial charge is 0.356 e. The van der Waals surface area contributed by atoms with Crippen molar-refractivity contribution in [3.63, 3.8) is 0 Å². The molecule has 0 bridgehead atoms. The summed E-state index contributed by atoms with van der Waals surface area (Å²) in [5, 5.41) is 20.4. The standard InChI is InChI=1S/C27H30FN7O4/c28-19-5-3-17(4-6-19)12-22(35-27(39)23-15-30-9-10-31-23)26(38)34-21(11-16-1-2-16)25(37)33-20(14-29)13-18-7-8-32-24(18)36/h3-6,9-10,15-16,18,20-22H,1-2,7-8,11-13H2,(H,32,36)(H,33,37)(H,34,38)(H,35,39)/t18-,20-,21-,22-/m0/s1. The highest BCUT2D eigenvalue weighted by atomic mass is 19.1. The summed E-state index contributed by atoms with van der Waals surface area (Å²) >= 11 is 0. The summed E-state index contributed by atoms with van der Waals surface area (Å²) < 4.78 is 13.4. The molecule has 2 aliphatic rings. The van der Waals surface area contributed by atoms with E-state index >= 15 is 0 Å². The van der Waals surface area contributed by atoms with Crippen molar-refractivity contribution in [3.8, 4) is 6.07 Å². The molecule has 2 aromatic rings. The highest BCUT2D eigenvalue weighted by Crippen LogP contribution is 2.33. The van der Waals surface area contributed by atoms with Gasteiger partial charge in [-0.15, -0.1) is 0 Å². The zero-order valence-electron chi connectivity index (χ0n) is 21.2. The van der Waals surface area contributed by atoms with E-state index in [1.807, 2.05) is 6.07 Å². The number of nitrogens with one attached hydrogen (secondary N) is 4. The van der Waals surface area contributed by atoms with Gasteiger partial charge in [0.05, 0.1) is 12.3 Å². The fourth-order valence-electron chi connectivity index (χ4n) is 4.48. The Balaban J connectivity index is 1.46. The van der Waals surface area contributed by atoms with Crippen molar-refractivity contribution in [2.24, 2.45) is 11.8 Å². The number of hydrogen-bond donors (Lipinski definition) is 4. The third-order valence-corrected chi connectivity index (χ3v) is 6.83. The average molecular weight is 536 g/mol. The third-order valence-electron chi connectivity index (χ3n) is 6.83. The Morgan fingerprint density at radius 3 is 2.38 bits per heavy atom. The maximum Gasteiger partial charge on any atom is 0.272 e. The molecule has 0 unspecified atom stereocenters. The van der Waals surface area contributed by atoms with Crippen molar-refractivity contribution in [1.29, 1.82) is 5.26 Å². The molecule has 1 aliphatic heterocycles. The fraction of sp³-hybridized carbons (Fsp3) is 0.444. The summed E-state index contributed by atoms with van der Waals surface area (Å²) in [6, 6.07) is 4.63. The Kier molecular flexibility index (Phi) is 9.14. The van der Waals surface area contributed by atoms with Crippen LogP contribution in [-0.4, -0.2) is 58.3 Å². The lowest BCUT2D eigenvalue weighted by Gasteiger charge is -2.24. The molecule has 39 heavy (non-hydrogen) atoms. The van der Waals surface area contributed by atoms with Gasteiger partial charge in [-0.3, -0.25) is 24.2 Å². The first-order valence-corrected chi connectivity index (χ1v) is 12.9. The molecule has 1 saturated heterocycles. The highest BCUT2D eigenvalue weighted by Gasteiger charge is 2.34. The van der Waals surface area contributed by atoms with Crippen LogP contribution in [0.3, 0.4) is 0 Å². The van der Waals surface area contributed by atoms with E-state index in [4.69, 9.17) is 0 Å². The molecule has 1 aromatic heterocycles. The molecule has 2 fully saturated rings. The van der Waals surface area contributed by atoms with Gasteiger partial charge < -0.3 is 21.3 Å². The molecule has 204 valence electrons. The van der Waals surface area contributed by atoms with Crippen LogP contribution < -0.4 is 21.3 Å². The Morgan fingerprint density at radius 1 is 1.03 bits per heavy atom. The van der Waals surface area contributed by atoms with Gasteiger partial charge in [-0.2, -0.15) is 5.26 Å². The zero-order chi connectivity index (χ0) is 27.8. The van der Waals surface area contributed by atoms with Crippen molar-refractivity contribution >= 4 is 23.6 Å². The maximum absolute atomic E-state index is 13.4. The van der Waals surface area contributed by atoms with Gasteiger partial charge in [-0.1, -0.05) is 25.0 Å². The van der Waals surface area contributed by atoms with Crippen LogP contribution in [-0.2, 0) is 20.8 Å². The van der Waals surface area contributed by atoms with Gasteiger partial charge in [0.2, 0.25) is 17.7 Å². The molecule has 4 atom stereocenters. The number of benzene rings is 1. The molecule has 4 amide bonds. The normalized spacial score (nSPS) is 18.7. The first kappa shape index (κ1) is 27.6. The van der Waals surface area contributed by atoms with Gasteiger partial charge in [0.15, 0.2) is 0 Å². The van der Waals surface area contributed by atoms with Gasteiger partial charge in [0.1, 0.15) is 29.6 Å². The van der Waals surface area contributed by atoms with E-state index in [0.29, 0.717) is 24.9 Å². The maximum atomic E-state index is 13.4. The SMILES string of the molecule is N#C[C@H](C[C@@H]1CCNC1=O)NC(=O)[C@H](CC1CC1)NC(=O)[C@H](Cc1ccc(F)cc1)NC(=O)c1cnccn1. The predicted molar refractivity (Wildman–Crippen MR) is 136 cm³/mol. The Bertz CT molecular complexity index is 1230. The smallest absolute Gasteiger partial charge is 0.272 e. The van der Waals surface area contributed by atoms with E-state index in [-0.39, 0.29) is 36.3 Å². The Hall–Kier alpha value is -4.40. The molecule has 12 heteroatoms. The summed E-state index contributed by atoms with van der Waals surface area (Å²) in [7, 11) is 0. The molecule has 1 aliphatic carbocycles. The molecule has 4 N–H and O–H groups in total. The van der Waals surface area contributed by atoms with Gasteiger partial charge in [-0.25, -0.2) is 9.37 Å². The monoisotopic (exact) mass is 535 g/mol. The van der Waals surface area contributed by atoms with Crippen LogP contribution in [0.25, 0.3) is 0 Å². The minimum absolute atomic E-state index is 0.00879. The molecular formula is C27H30FN7O4. The van der Waals surface area contributed by atoms with E-state index in [1.165, 1.54) is 42.9 Å². The molecule has 11 nitrogen and oxygen atoms in total. The summed E-state index contributed by atoms with van der Waals surface area (Å²) in [5.74, 6) is -2.45. The van der Waals surface area contributed by atoms with Crippen LogP contribution in [0.1, 0.15) is 48.2 Å². The van der Waals surface area contributed by atoms with Crippen LogP contribution >= 0.6 is 0 Å². The highest BCUT2D eigenvalue weighted by molar-refractivity contribution is 5.97. The second kappa shape index (κ2) is 12.9. The van der Waals surface area contributed by atoms with Crippen LogP contribution in [0.4, 0.5) is 4.39 Å². The number of hydrogen-bond acceptors (Lipinski definition) is 7. The number of halogens is 1. The number of aromatic nitrogens is 2. The summed E-state index contributed by atoms with van der Waals surface area (Å²) in [5.41, 5.74) is 0.605. The molecule has 0 spiro atoms. The van der Waals surface area contributed by atoms with E-state index in [1.54, 1.807) is 0 Å². The van der Waals surface area contributed by atoms with Crippen molar-refractivity contribution in [1.82, 2.24) is 31.2 Å². The average Bonchev–Trinajstić information content (AvgIpc) is 3.67. The summed E-state index contributed by atoms with van der Waals surface area (Å²) in [4.78, 5) is 59.2. The van der Waals surface area contributed by atoms with Crippen LogP contribution in [0.2, 0.25) is 0 Å². The predicted octanol–water partition coefficient (Wildman–Crippen LogP) is 0.776. The van der Waals surface area contributed by atoms with Crippen molar-refractivity contribution in [2.75, 3.05) is 6.54 Å². The van der Waals surface area contributed by atoms with Gasteiger partial charge in [0.25, 0.3) is 5.91 Å². The molecule has 1 aromatic carbocycles. The van der Waals surface area contributed by atoms with Crippen LogP contribution in [0.5, 0.6) is 0 Å². The lowest BCUT2D eigenvalue weighted by molar-refractivity contribution is -0.130.